The van der Waals surface area contributed by atoms with Crippen molar-refractivity contribution in [2.75, 3.05) is 10.7 Å². The van der Waals surface area contributed by atoms with Crippen LogP contribution in [0.5, 0.6) is 0 Å². The molecule has 1 fully saturated rings. The summed E-state index contributed by atoms with van der Waals surface area (Å²) in [5.74, 6) is -2.13. The fourth-order valence-corrected chi connectivity index (χ4v) is 5.48. The van der Waals surface area contributed by atoms with E-state index in [0.29, 0.717) is 16.7 Å². The number of halogens is 1. The summed E-state index contributed by atoms with van der Waals surface area (Å²) in [6.07, 6.45) is 0. The molecule has 33 heavy (non-hydrogen) atoms. The lowest BCUT2D eigenvalue weighted by atomic mass is 9.91. The van der Waals surface area contributed by atoms with Crippen LogP contribution >= 0.6 is 0 Å². The molecule has 0 aliphatic carbocycles. The van der Waals surface area contributed by atoms with Gasteiger partial charge in [0.1, 0.15) is 5.82 Å². The molecule has 1 atom stereocenters. The zero-order valence-electron chi connectivity index (χ0n) is 17.4. The highest BCUT2D eigenvalue weighted by atomic mass is 32.2. The average Bonchev–Trinajstić information content (AvgIpc) is 3.04. The van der Waals surface area contributed by atoms with Crippen LogP contribution in [0.1, 0.15) is 16.7 Å². The summed E-state index contributed by atoms with van der Waals surface area (Å²) in [7, 11) is -4.12. The maximum absolute atomic E-state index is 13.7. The SMILES string of the molecule is Cc1cc(N2C(=O)N[C@](CS(=O)(=O)c3ccc(F)cc3)(c3ccccc3)C2=O)ccc1C#N. The molecule has 0 aromatic heterocycles. The predicted octanol–water partition coefficient (Wildman–Crippen LogP) is 3.43. The van der Waals surface area contributed by atoms with E-state index in [4.69, 9.17) is 5.26 Å². The number of sulfone groups is 1. The van der Waals surface area contributed by atoms with E-state index in [1.54, 1.807) is 37.3 Å². The second-order valence-corrected chi connectivity index (χ2v) is 9.66. The predicted molar refractivity (Wildman–Crippen MR) is 118 cm³/mol. The fourth-order valence-electron chi connectivity index (χ4n) is 3.83. The molecule has 0 radical (unpaired) electrons. The smallest absolute Gasteiger partial charge is 0.318 e. The van der Waals surface area contributed by atoms with Crippen LogP contribution in [0.2, 0.25) is 0 Å². The molecule has 166 valence electrons. The van der Waals surface area contributed by atoms with Crippen LogP contribution in [0.3, 0.4) is 0 Å². The summed E-state index contributed by atoms with van der Waals surface area (Å²) in [6, 6.07) is 18.1. The zero-order chi connectivity index (χ0) is 23.8. The summed E-state index contributed by atoms with van der Waals surface area (Å²) in [6.45, 7) is 1.67. The highest BCUT2D eigenvalue weighted by Crippen LogP contribution is 2.35. The molecule has 1 aliphatic rings. The van der Waals surface area contributed by atoms with E-state index < -0.39 is 38.9 Å². The number of urea groups is 1. The largest absolute Gasteiger partial charge is 0.329 e. The second-order valence-electron chi connectivity index (χ2n) is 7.67. The minimum atomic E-state index is -4.12. The summed E-state index contributed by atoms with van der Waals surface area (Å²) < 4.78 is 39.8. The normalized spacial score (nSPS) is 18.2. The van der Waals surface area contributed by atoms with Crippen molar-refractivity contribution in [1.82, 2.24) is 5.32 Å². The quantitative estimate of drug-likeness (QED) is 0.461. The maximum atomic E-state index is 13.7. The van der Waals surface area contributed by atoms with Crippen LogP contribution < -0.4 is 10.2 Å². The Balaban J connectivity index is 1.82. The number of carbonyl (C=O) groups excluding carboxylic acids is 2. The number of anilines is 1. The Morgan fingerprint density at radius 2 is 1.70 bits per heavy atom. The third kappa shape index (κ3) is 3.85. The first kappa shape index (κ1) is 22.2. The summed E-state index contributed by atoms with van der Waals surface area (Å²) in [5, 5.41) is 11.7. The molecule has 3 amide bonds. The molecule has 1 N–H and O–H groups in total. The highest BCUT2D eigenvalue weighted by Gasteiger charge is 2.55. The fraction of sp³-hybridized carbons (Fsp3) is 0.125. The van der Waals surface area contributed by atoms with Gasteiger partial charge in [-0.15, -0.1) is 0 Å². The standard InChI is InChI=1S/C24H18FN3O4S/c1-16-13-20(10-7-17(16)14-26)28-22(29)24(27-23(28)30,18-5-3-2-4-6-18)15-33(31,32)21-11-8-19(25)9-12-21/h2-13H,15H2,1H3,(H,27,30)/t24-/m1/s1. The van der Waals surface area contributed by atoms with Crippen molar-refractivity contribution in [2.45, 2.75) is 17.4 Å². The van der Waals surface area contributed by atoms with Crippen molar-refractivity contribution >= 4 is 27.5 Å². The van der Waals surface area contributed by atoms with Gasteiger partial charge in [-0.05, 0) is 60.5 Å². The van der Waals surface area contributed by atoms with Gasteiger partial charge in [0, 0.05) is 0 Å². The van der Waals surface area contributed by atoms with Gasteiger partial charge in [0.15, 0.2) is 15.4 Å². The van der Waals surface area contributed by atoms with Gasteiger partial charge in [0.05, 0.1) is 28.0 Å². The number of aryl methyl sites for hydroxylation is 1. The number of nitrogens with zero attached hydrogens (tertiary/aromatic N) is 2. The van der Waals surface area contributed by atoms with Gasteiger partial charge in [-0.1, -0.05) is 30.3 Å². The van der Waals surface area contributed by atoms with Gasteiger partial charge in [-0.2, -0.15) is 5.26 Å². The van der Waals surface area contributed by atoms with Crippen molar-refractivity contribution in [2.24, 2.45) is 0 Å². The number of amides is 3. The number of benzene rings is 3. The summed E-state index contributed by atoms with van der Waals surface area (Å²) >= 11 is 0. The lowest BCUT2D eigenvalue weighted by molar-refractivity contribution is -0.121. The number of rotatable bonds is 5. The van der Waals surface area contributed by atoms with Crippen molar-refractivity contribution in [3.05, 3.63) is 95.3 Å². The first-order valence-electron chi connectivity index (χ1n) is 9.89. The summed E-state index contributed by atoms with van der Waals surface area (Å²) in [5.41, 5.74) is -0.438. The number of nitrogens with one attached hydrogen (secondary N) is 1. The first-order chi connectivity index (χ1) is 15.7. The Kier molecular flexibility index (Phi) is 5.47. The third-order valence-electron chi connectivity index (χ3n) is 5.53. The Morgan fingerprint density at radius 1 is 1.03 bits per heavy atom. The van der Waals surface area contributed by atoms with Crippen molar-refractivity contribution in [1.29, 1.82) is 5.26 Å². The molecule has 4 rings (SSSR count). The average molecular weight is 463 g/mol. The molecule has 0 spiro atoms. The van der Waals surface area contributed by atoms with E-state index in [1.165, 1.54) is 18.2 Å². The van der Waals surface area contributed by atoms with Crippen molar-refractivity contribution < 1.29 is 22.4 Å². The van der Waals surface area contributed by atoms with E-state index in [0.717, 1.165) is 29.2 Å². The zero-order valence-corrected chi connectivity index (χ0v) is 18.3. The summed E-state index contributed by atoms with van der Waals surface area (Å²) in [4.78, 5) is 27.4. The maximum Gasteiger partial charge on any atom is 0.329 e. The molecule has 0 saturated carbocycles. The Hall–Kier alpha value is -4.03. The number of nitriles is 1. The topological polar surface area (TPSA) is 107 Å². The minimum Gasteiger partial charge on any atom is -0.318 e. The monoisotopic (exact) mass is 463 g/mol. The molecule has 3 aromatic rings. The first-order valence-corrected chi connectivity index (χ1v) is 11.5. The third-order valence-corrected chi connectivity index (χ3v) is 7.33. The molecule has 1 heterocycles. The lowest BCUT2D eigenvalue weighted by Gasteiger charge is -2.27. The Bertz CT molecular complexity index is 1400. The molecular formula is C24H18FN3O4S. The van der Waals surface area contributed by atoms with E-state index >= 15 is 0 Å². The molecule has 0 bridgehead atoms. The lowest BCUT2D eigenvalue weighted by Crippen LogP contribution is -2.49. The van der Waals surface area contributed by atoms with Crippen LogP contribution in [0.25, 0.3) is 0 Å². The van der Waals surface area contributed by atoms with Crippen LogP contribution in [-0.4, -0.2) is 26.1 Å². The number of hydrogen-bond acceptors (Lipinski definition) is 5. The number of imide groups is 1. The van der Waals surface area contributed by atoms with E-state index in [1.807, 2.05) is 6.07 Å². The molecule has 1 aliphatic heterocycles. The number of hydrogen-bond donors (Lipinski definition) is 1. The van der Waals surface area contributed by atoms with Crippen LogP contribution in [-0.2, 0) is 20.2 Å². The Labute approximate surface area is 190 Å². The van der Waals surface area contributed by atoms with Gasteiger partial charge < -0.3 is 5.32 Å². The van der Waals surface area contributed by atoms with E-state index in [9.17, 15) is 22.4 Å². The van der Waals surface area contributed by atoms with E-state index in [-0.39, 0.29) is 10.6 Å². The van der Waals surface area contributed by atoms with Gasteiger partial charge in [0.25, 0.3) is 5.91 Å². The van der Waals surface area contributed by atoms with Crippen LogP contribution in [0.15, 0.2) is 77.7 Å². The van der Waals surface area contributed by atoms with Crippen molar-refractivity contribution in [3.63, 3.8) is 0 Å². The minimum absolute atomic E-state index is 0.172. The van der Waals surface area contributed by atoms with Gasteiger partial charge in [-0.25, -0.2) is 22.5 Å². The van der Waals surface area contributed by atoms with Gasteiger partial charge >= 0.3 is 6.03 Å². The Morgan fingerprint density at radius 3 is 2.30 bits per heavy atom. The second kappa shape index (κ2) is 8.15. The molecule has 3 aromatic carbocycles. The highest BCUT2D eigenvalue weighted by molar-refractivity contribution is 7.91. The van der Waals surface area contributed by atoms with Gasteiger partial charge in [0.2, 0.25) is 0 Å². The molecule has 9 heteroatoms. The van der Waals surface area contributed by atoms with E-state index in [2.05, 4.69) is 5.32 Å². The van der Waals surface area contributed by atoms with Gasteiger partial charge in [-0.3, -0.25) is 4.79 Å². The molecule has 0 unspecified atom stereocenters. The number of carbonyl (C=O) groups is 2. The molecular weight excluding hydrogens is 445 g/mol. The van der Waals surface area contributed by atoms with Crippen LogP contribution in [0.4, 0.5) is 14.9 Å². The van der Waals surface area contributed by atoms with Crippen molar-refractivity contribution in [3.8, 4) is 6.07 Å². The van der Waals surface area contributed by atoms with Crippen LogP contribution in [0, 0.1) is 24.1 Å². The molecule has 1 saturated heterocycles. The molecule has 7 nitrogen and oxygen atoms in total.